The number of nitrogens with one attached hydrogen (secondary N) is 1. The molecular formula is C19H16ClF4N3O2S. The zero-order valence-corrected chi connectivity index (χ0v) is 17.1. The number of benzene rings is 2. The van der Waals surface area contributed by atoms with E-state index < -0.39 is 23.8 Å². The van der Waals surface area contributed by atoms with Gasteiger partial charge in [-0.15, -0.1) is 13.2 Å². The van der Waals surface area contributed by atoms with Crippen molar-refractivity contribution in [3.05, 3.63) is 53.3 Å². The van der Waals surface area contributed by atoms with Crippen molar-refractivity contribution in [2.75, 3.05) is 18.1 Å². The van der Waals surface area contributed by atoms with Gasteiger partial charge < -0.3 is 15.0 Å². The lowest BCUT2D eigenvalue weighted by atomic mass is 10.2. The number of alkyl halides is 3. The second-order valence-corrected chi connectivity index (χ2v) is 7.79. The highest BCUT2D eigenvalue weighted by Crippen LogP contribution is 2.35. The molecular weight excluding hydrogens is 446 g/mol. The Kier molecular flexibility index (Phi) is 6.77. The van der Waals surface area contributed by atoms with Crippen molar-refractivity contribution >= 4 is 45.8 Å². The van der Waals surface area contributed by atoms with Crippen molar-refractivity contribution in [2.45, 2.75) is 18.8 Å². The van der Waals surface area contributed by atoms with E-state index in [2.05, 4.69) is 15.0 Å². The third-order valence-electron chi connectivity index (χ3n) is 4.19. The summed E-state index contributed by atoms with van der Waals surface area (Å²) < 4.78 is 55.6. The fourth-order valence-corrected chi connectivity index (χ4v) is 4.07. The Balaban J connectivity index is 1.67. The number of ether oxygens (including phenoxy) is 1. The molecule has 11 heteroatoms. The van der Waals surface area contributed by atoms with Crippen LogP contribution in [0.3, 0.4) is 0 Å². The molecule has 1 N–H and O–H groups in total. The van der Waals surface area contributed by atoms with Crippen molar-refractivity contribution < 1.29 is 27.1 Å². The second-order valence-electron chi connectivity index (χ2n) is 6.36. The van der Waals surface area contributed by atoms with Gasteiger partial charge in [0.05, 0.1) is 5.69 Å². The molecule has 1 atom stereocenters. The summed E-state index contributed by atoms with van der Waals surface area (Å²) in [5.74, 6) is -0.969. The summed E-state index contributed by atoms with van der Waals surface area (Å²) in [6.45, 7) is 0. The van der Waals surface area contributed by atoms with Crippen LogP contribution in [-0.4, -0.2) is 41.2 Å². The highest BCUT2D eigenvalue weighted by Gasteiger charge is 2.33. The van der Waals surface area contributed by atoms with Crippen LogP contribution in [0.4, 0.5) is 28.9 Å². The highest BCUT2D eigenvalue weighted by molar-refractivity contribution is 8.14. The Bertz CT molecular complexity index is 971. The first-order valence-electron chi connectivity index (χ1n) is 8.66. The van der Waals surface area contributed by atoms with E-state index in [1.807, 2.05) is 0 Å². The Labute approximate surface area is 179 Å². The van der Waals surface area contributed by atoms with Gasteiger partial charge >= 0.3 is 6.36 Å². The maximum absolute atomic E-state index is 13.8. The lowest BCUT2D eigenvalue weighted by Gasteiger charge is -2.21. The monoisotopic (exact) mass is 461 g/mol. The molecule has 0 aromatic heterocycles. The number of hydrogen-bond acceptors (Lipinski definition) is 4. The minimum absolute atomic E-state index is 0.0184. The van der Waals surface area contributed by atoms with Crippen LogP contribution < -0.4 is 10.1 Å². The van der Waals surface area contributed by atoms with Crippen LogP contribution in [0.25, 0.3) is 0 Å². The van der Waals surface area contributed by atoms with Gasteiger partial charge in [0, 0.05) is 30.3 Å². The van der Waals surface area contributed by atoms with E-state index in [0.717, 1.165) is 6.07 Å². The number of hydrogen-bond donors (Lipinski definition) is 1. The molecule has 0 radical (unpaired) electrons. The number of para-hydroxylation sites is 2. The van der Waals surface area contributed by atoms with Gasteiger partial charge in [-0.25, -0.2) is 9.38 Å². The van der Waals surface area contributed by atoms with Gasteiger partial charge in [-0.2, -0.15) is 0 Å². The predicted molar refractivity (Wildman–Crippen MR) is 109 cm³/mol. The Morgan fingerprint density at radius 3 is 2.77 bits per heavy atom. The average molecular weight is 462 g/mol. The molecule has 0 aliphatic carbocycles. The first-order chi connectivity index (χ1) is 14.1. The number of carbonyl (C=O) groups is 1. The van der Waals surface area contributed by atoms with Gasteiger partial charge in [0.1, 0.15) is 11.5 Å². The highest BCUT2D eigenvalue weighted by atomic mass is 35.5. The van der Waals surface area contributed by atoms with Gasteiger partial charge in [0.15, 0.2) is 10.9 Å². The standard InChI is InChI=1S/C19H16ClF4N3O2S/c1-27-12(9-17(28)25-14-7-6-11(20)8-13(14)21)10-30-18(27)26-15-4-2-3-5-16(15)29-19(22,23)24/h2-8,12H,9-10H2,1H3,(H,25,28). The third kappa shape index (κ3) is 5.79. The van der Waals surface area contributed by atoms with E-state index in [4.69, 9.17) is 11.6 Å². The van der Waals surface area contributed by atoms with E-state index in [1.165, 1.54) is 42.1 Å². The predicted octanol–water partition coefficient (Wildman–Crippen LogP) is 5.44. The molecule has 5 nitrogen and oxygen atoms in total. The van der Waals surface area contributed by atoms with Crippen molar-refractivity contribution in [3.63, 3.8) is 0 Å². The number of nitrogens with zero attached hydrogens (tertiary/aromatic N) is 2. The number of aliphatic imine (C=N–C) groups is 1. The average Bonchev–Trinajstić information content (AvgIpc) is 2.98. The molecule has 1 aliphatic rings. The number of thioether (sulfide) groups is 1. The SMILES string of the molecule is CN1C(=Nc2ccccc2OC(F)(F)F)SCC1CC(=O)Nc1ccc(Cl)cc1F. The van der Waals surface area contributed by atoms with E-state index in [-0.39, 0.29) is 28.9 Å². The molecule has 3 rings (SSSR count). The molecule has 160 valence electrons. The number of rotatable bonds is 5. The van der Waals surface area contributed by atoms with Gasteiger partial charge in [-0.3, -0.25) is 4.79 Å². The van der Waals surface area contributed by atoms with E-state index in [1.54, 1.807) is 18.0 Å². The van der Waals surface area contributed by atoms with E-state index >= 15 is 0 Å². The summed E-state index contributed by atoms with van der Waals surface area (Å²) in [6, 6.07) is 9.22. The molecule has 1 fully saturated rings. The second kappa shape index (κ2) is 9.13. The zero-order valence-electron chi connectivity index (χ0n) is 15.5. The van der Waals surface area contributed by atoms with Crippen molar-refractivity contribution in [3.8, 4) is 5.75 Å². The molecule has 2 aromatic rings. The fraction of sp³-hybridized carbons (Fsp3) is 0.263. The van der Waals surface area contributed by atoms with Crippen LogP contribution in [0.1, 0.15) is 6.42 Å². The van der Waals surface area contributed by atoms with E-state index in [9.17, 15) is 22.4 Å². The number of carbonyl (C=O) groups excluding carboxylic acids is 1. The molecule has 30 heavy (non-hydrogen) atoms. The van der Waals surface area contributed by atoms with Gasteiger partial charge in [0.2, 0.25) is 5.91 Å². The molecule has 0 saturated carbocycles. The smallest absolute Gasteiger partial charge is 0.403 e. The lowest BCUT2D eigenvalue weighted by molar-refractivity contribution is -0.274. The topological polar surface area (TPSA) is 53.9 Å². The van der Waals surface area contributed by atoms with Crippen LogP contribution in [0.15, 0.2) is 47.5 Å². The molecule has 1 heterocycles. The fourth-order valence-electron chi connectivity index (χ4n) is 2.72. The number of amides is 1. The summed E-state index contributed by atoms with van der Waals surface area (Å²) in [4.78, 5) is 18.3. The van der Waals surface area contributed by atoms with E-state index in [0.29, 0.717) is 10.9 Å². The summed E-state index contributed by atoms with van der Waals surface area (Å²) in [6.07, 6.45) is -4.78. The molecule has 0 spiro atoms. The molecule has 1 aliphatic heterocycles. The lowest BCUT2D eigenvalue weighted by Crippen LogP contribution is -2.33. The minimum Gasteiger partial charge on any atom is -0.403 e. The normalized spacial score (nSPS) is 18.0. The van der Waals surface area contributed by atoms with Gasteiger partial charge in [0.25, 0.3) is 0 Å². The summed E-state index contributed by atoms with van der Waals surface area (Å²) in [5, 5.41) is 3.15. The van der Waals surface area contributed by atoms with Crippen molar-refractivity contribution in [1.82, 2.24) is 4.90 Å². The Hall–Kier alpha value is -2.46. The molecule has 2 aromatic carbocycles. The summed E-state index contributed by atoms with van der Waals surface area (Å²) in [5.41, 5.74) is 0.0438. The van der Waals surface area contributed by atoms with Crippen LogP contribution in [0.2, 0.25) is 5.02 Å². The molecule has 1 saturated heterocycles. The minimum atomic E-state index is -4.83. The van der Waals surface area contributed by atoms with Crippen molar-refractivity contribution in [2.24, 2.45) is 4.99 Å². The van der Waals surface area contributed by atoms with Crippen LogP contribution in [0.5, 0.6) is 5.75 Å². The number of amidine groups is 1. The maximum Gasteiger partial charge on any atom is 0.573 e. The largest absolute Gasteiger partial charge is 0.573 e. The Morgan fingerprint density at radius 1 is 1.33 bits per heavy atom. The quantitative estimate of drug-likeness (QED) is 0.602. The first-order valence-corrected chi connectivity index (χ1v) is 10.0. The molecule has 1 amide bonds. The Morgan fingerprint density at radius 2 is 2.07 bits per heavy atom. The van der Waals surface area contributed by atoms with Crippen molar-refractivity contribution in [1.29, 1.82) is 0 Å². The summed E-state index contributed by atoms with van der Waals surface area (Å²) in [7, 11) is 1.69. The summed E-state index contributed by atoms with van der Waals surface area (Å²) >= 11 is 6.99. The number of halogens is 5. The van der Waals surface area contributed by atoms with Gasteiger partial charge in [-0.1, -0.05) is 35.5 Å². The van der Waals surface area contributed by atoms with Crippen LogP contribution in [-0.2, 0) is 4.79 Å². The van der Waals surface area contributed by atoms with Crippen LogP contribution >= 0.6 is 23.4 Å². The van der Waals surface area contributed by atoms with Gasteiger partial charge in [-0.05, 0) is 30.3 Å². The third-order valence-corrected chi connectivity index (χ3v) is 5.61. The maximum atomic E-state index is 13.8. The molecule has 0 bridgehead atoms. The molecule has 1 unspecified atom stereocenters. The number of anilines is 1. The zero-order chi connectivity index (χ0) is 21.9. The van der Waals surface area contributed by atoms with Crippen LogP contribution in [0, 0.1) is 5.82 Å². The first kappa shape index (κ1) is 22.2.